The molecule has 0 radical (unpaired) electrons. The molecule has 0 saturated carbocycles. The molecule has 0 fully saturated rings. The Morgan fingerprint density at radius 3 is 2.87 bits per heavy atom. The molecular formula is C9H13N3O3. The Morgan fingerprint density at radius 2 is 2.40 bits per heavy atom. The van der Waals surface area contributed by atoms with Crippen LogP contribution in [0.4, 0.5) is 0 Å². The second-order valence-electron chi connectivity index (χ2n) is 3.10. The minimum absolute atomic E-state index is 0.160. The Kier molecular flexibility index (Phi) is 3.56. The lowest BCUT2D eigenvalue weighted by molar-refractivity contribution is -0.138. The van der Waals surface area contributed by atoms with Crippen molar-refractivity contribution in [3.05, 3.63) is 17.6 Å². The number of methoxy groups -OCH3 is 1. The molecule has 1 aromatic rings. The third-order valence-corrected chi connectivity index (χ3v) is 1.89. The summed E-state index contributed by atoms with van der Waals surface area (Å²) in [7, 11) is 1.50. The maximum Gasteiger partial charge on any atom is 0.320 e. The summed E-state index contributed by atoms with van der Waals surface area (Å²) in [6, 6.07) is -0.952. The van der Waals surface area contributed by atoms with Gasteiger partial charge in [0.25, 0.3) is 0 Å². The first-order valence-corrected chi connectivity index (χ1v) is 4.39. The second kappa shape index (κ2) is 4.70. The number of aromatic nitrogens is 2. The van der Waals surface area contributed by atoms with E-state index in [1.165, 1.54) is 13.3 Å². The van der Waals surface area contributed by atoms with Gasteiger partial charge in [-0.1, -0.05) is 0 Å². The van der Waals surface area contributed by atoms with Crippen LogP contribution in [0.3, 0.4) is 0 Å². The zero-order valence-electron chi connectivity index (χ0n) is 8.60. The van der Waals surface area contributed by atoms with E-state index < -0.39 is 12.0 Å². The molecule has 1 heterocycles. The van der Waals surface area contributed by atoms with E-state index in [1.807, 2.05) is 0 Å². The fourth-order valence-corrected chi connectivity index (χ4v) is 1.13. The van der Waals surface area contributed by atoms with Gasteiger partial charge in [0.05, 0.1) is 24.7 Å². The Morgan fingerprint density at radius 1 is 1.73 bits per heavy atom. The Bertz CT molecular complexity index is 368. The van der Waals surface area contributed by atoms with Gasteiger partial charge in [-0.25, -0.2) is 4.98 Å². The highest BCUT2D eigenvalue weighted by molar-refractivity contribution is 5.73. The van der Waals surface area contributed by atoms with Gasteiger partial charge in [-0.3, -0.25) is 9.78 Å². The molecule has 0 aliphatic carbocycles. The number of aliphatic carboxylic acids is 1. The van der Waals surface area contributed by atoms with E-state index in [0.29, 0.717) is 17.3 Å². The van der Waals surface area contributed by atoms with E-state index in [9.17, 15) is 4.79 Å². The average Bonchev–Trinajstić information content (AvgIpc) is 2.18. The number of rotatable bonds is 4. The highest BCUT2D eigenvalue weighted by Crippen LogP contribution is 2.11. The molecule has 3 N–H and O–H groups in total. The summed E-state index contributed by atoms with van der Waals surface area (Å²) in [5, 5.41) is 8.62. The summed E-state index contributed by atoms with van der Waals surface area (Å²) in [6.07, 6.45) is 1.63. The molecule has 0 spiro atoms. The van der Waals surface area contributed by atoms with Gasteiger partial charge in [-0.15, -0.1) is 0 Å². The van der Waals surface area contributed by atoms with Crippen LogP contribution in [0.5, 0.6) is 5.88 Å². The van der Waals surface area contributed by atoms with Crippen LogP contribution < -0.4 is 10.5 Å². The van der Waals surface area contributed by atoms with Crippen molar-refractivity contribution in [2.75, 3.05) is 7.11 Å². The molecule has 1 rings (SSSR count). The standard InChI is InChI=1S/C9H13N3O3/c1-5-8(15-2)11-4-6(12-5)3-7(10)9(13)14/h4,7H,3,10H2,1-2H3,(H,13,14). The maximum atomic E-state index is 10.5. The molecule has 0 aliphatic rings. The lowest BCUT2D eigenvalue weighted by Crippen LogP contribution is -2.32. The van der Waals surface area contributed by atoms with E-state index in [2.05, 4.69) is 9.97 Å². The molecule has 0 amide bonds. The van der Waals surface area contributed by atoms with Gasteiger partial charge in [-0.2, -0.15) is 0 Å². The van der Waals surface area contributed by atoms with Crippen LogP contribution in [0.15, 0.2) is 6.20 Å². The zero-order chi connectivity index (χ0) is 11.4. The number of hydrogen-bond donors (Lipinski definition) is 2. The van der Waals surface area contributed by atoms with Gasteiger partial charge in [0.2, 0.25) is 5.88 Å². The number of carboxylic acid groups (broad SMARTS) is 1. The van der Waals surface area contributed by atoms with Gasteiger partial charge in [0.15, 0.2) is 0 Å². The Balaban J connectivity index is 2.79. The molecule has 1 atom stereocenters. The lowest BCUT2D eigenvalue weighted by atomic mass is 10.2. The number of nitrogens with zero attached hydrogens (tertiary/aromatic N) is 2. The molecular weight excluding hydrogens is 198 g/mol. The van der Waals surface area contributed by atoms with Gasteiger partial charge in [0, 0.05) is 6.42 Å². The smallest absolute Gasteiger partial charge is 0.320 e. The van der Waals surface area contributed by atoms with Crippen molar-refractivity contribution >= 4 is 5.97 Å². The molecule has 82 valence electrons. The van der Waals surface area contributed by atoms with Crippen molar-refractivity contribution in [2.24, 2.45) is 5.73 Å². The normalized spacial score (nSPS) is 12.2. The minimum Gasteiger partial charge on any atom is -0.480 e. The molecule has 6 nitrogen and oxygen atoms in total. The third-order valence-electron chi connectivity index (χ3n) is 1.89. The summed E-state index contributed by atoms with van der Waals surface area (Å²) in [5.74, 6) is -0.618. The number of ether oxygens (including phenoxy) is 1. The largest absolute Gasteiger partial charge is 0.480 e. The average molecular weight is 211 g/mol. The maximum absolute atomic E-state index is 10.5. The van der Waals surface area contributed by atoms with Crippen molar-refractivity contribution < 1.29 is 14.6 Å². The molecule has 0 aromatic carbocycles. The molecule has 0 aliphatic heterocycles. The quantitative estimate of drug-likeness (QED) is 0.712. The van der Waals surface area contributed by atoms with Crippen molar-refractivity contribution in [3.63, 3.8) is 0 Å². The van der Waals surface area contributed by atoms with Gasteiger partial charge < -0.3 is 15.6 Å². The summed E-state index contributed by atoms with van der Waals surface area (Å²) in [4.78, 5) is 18.6. The number of carbonyl (C=O) groups is 1. The van der Waals surface area contributed by atoms with Gasteiger partial charge >= 0.3 is 5.97 Å². The number of carboxylic acids is 1. The molecule has 1 aromatic heterocycles. The molecule has 0 bridgehead atoms. The first-order valence-electron chi connectivity index (χ1n) is 4.39. The Hall–Kier alpha value is -1.69. The van der Waals surface area contributed by atoms with Crippen LogP contribution in [-0.4, -0.2) is 34.2 Å². The highest BCUT2D eigenvalue weighted by Gasteiger charge is 2.14. The van der Waals surface area contributed by atoms with Crippen LogP contribution in [0, 0.1) is 6.92 Å². The molecule has 0 saturated heterocycles. The monoisotopic (exact) mass is 211 g/mol. The topological polar surface area (TPSA) is 98.3 Å². The summed E-state index contributed by atoms with van der Waals surface area (Å²) in [6.45, 7) is 1.74. The molecule has 15 heavy (non-hydrogen) atoms. The third kappa shape index (κ3) is 2.88. The number of aryl methyl sites for hydroxylation is 1. The summed E-state index contributed by atoms with van der Waals surface area (Å²) >= 11 is 0. The van der Waals surface area contributed by atoms with Crippen LogP contribution >= 0.6 is 0 Å². The van der Waals surface area contributed by atoms with Crippen molar-refractivity contribution in [3.8, 4) is 5.88 Å². The second-order valence-corrected chi connectivity index (χ2v) is 3.10. The van der Waals surface area contributed by atoms with E-state index in [4.69, 9.17) is 15.6 Å². The fourth-order valence-electron chi connectivity index (χ4n) is 1.13. The van der Waals surface area contributed by atoms with Crippen molar-refractivity contribution in [1.82, 2.24) is 9.97 Å². The molecule has 1 unspecified atom stereocenters. The Labute approximate surface area is 87.1 Å². The van der Waals surface area contributed by atoms with Crippen molar-refractivity contribution in [2.45, 2.75) is 19.4 Å². The SMILES string of the molecule is COc1ncc(CC(N)C(=O)O)nc1C. The van der Waals surface area contributed by atoms with E-state index in [-0.39, 0.29) is 6.42 Å². The summed E-state index contributed by atoms with van der Waals surface area (Å²) in [5.41, 5.74) is 6.53. The van der Waals surface area contributed by atoms with E-state index in [0.717, 1.165) is 0 Å². The first-order chi connectivity index (χ1) is 7.04. The predicted octanol–water partition coefficient (Wildman–Crippen LogP) is -0.252. The lowest BCUT2D eigenvalue weighted by Gasteiger charge is -2.07. The highest BCUT2D eigenvalue weighted by atomic mass is 16.5. The zero-order valence-corrected chi connectivity index (χ0v) is 8.60. The van der Waals surface area contributed by atoms with Crippen LogP contribution in [-0.2, 0) is 11.2 Å². The number of hydrogen-bond acceptors (Lipinski definition) is 5. The fraction of sp³-hybridized carbons (Fsp3) is 0.444. The minimum atomic E-state index is -1.05. The van der Waals surface area contributed by atoms with Crippen LogP contribution in [0.2, 0.25) is 0 Å². The summed E-state index contributed by atoms with van der Waals surface area (Å²) < 4.78 is 4.93. The predicted molar refractivity (Wildman–Crippen MR) is 52.6 cm³/mol. The van der Waals surface area contributed by atoms with Crippen LogP contribution in [0.1, 0.15) is 11.4 Å². The van der Waals surface area contributed by atoms with E-state index in [1.54, 1.807) is 6.92 Å². The van der Waals surface area contributed by atoms with Gasteiger partial charge in [0.1, 0.15) is 6.04 Å². The first kappa shape index (κ1) is 11.4. The van der Waals surface area contributed by atoms with Crippen LogP contribution in [0.25, 0.3) is 0 Å². The number of nitrogens with two attached hydrogens (primary N) is 1. The van der Waals surface area contributed by atoms with E-state index >= 15 is 0 Å². The molecule has 6 heteroatoms. The van der Waals surface area contributed by atoms with Crippen molar-refractivity contribution in [1.29, 1.82) is 0 Å². The van der Waals surface area contributed by atoms with Gasteiger partial charge in [-0.05, 0) is 6.92 Å².